The van der Waals surface area contributed by atoms with Crippen LogP contribution < -0.4 is 5.32 Å². The van der Waals surface area contributed by atoms with E-state index in [1.807, 2.05) is 43.1 Å². The largest absolute Gasteiger partial charge is 0.395 e. The number of aliphatic hydroxyl groups is 1. The molecule has 1 rings (SSSR count). The minimum absolute atomic E-state index is 0.00199. The summed E-state index contributed by atoms with van der Waals surface area (Å²) in [7, 11) is 1.92. The molecule has 0 saturated carbocycles. The van der Waals surface area contributed by atoms with E-state index in [9.17, 15) is 4.79 Å². The summed E-state index contributed by atoms with van der Waals surface area (Å²) in [6.45, 7) is 3.22. The molecule has 0 aliphatic carbocycles. The summed E-state index contributed by atoms with van der Waals surface area (Å²) >= 11 is 6.31. The Hall–Kier alpha value is -1.10. The molecular weight excluding hydrogens is 264 g/mol. The number of amides is 1. The molecule has 1 atom stereocenters. The molecule has 1 amide bonds. The summed E-state index contributed by atoms with van der Waals surface area (Å²) < 4.78 is 0. The van der Waals surface area contributed by atoms with Gasteiger partial charge in [0.25, 0.3) is 0 Å². The third kappa shape index (κ3) is 5.59. The second-order valence-electron chi connectivity index (χ2n) is 4.48. The molecule has 2 N–H and O–H groups in total. The van der Waals surface area contributed by atoms with Crippen LogP contribution in [0.3, 0.4) is 0 Å². The molecule has 0 aliphatic rings. The average molecular weight is 285 g/mol. The Morgan fingerprint density at radius 2 is 2.05 bits per heavy atom. The topological polar surface area (TPSA) is 52.6 Å². The predicted octanol–water partition coefficient (Wildman–Crippen LogP) is 2.24. The molecule has 0 aliphatic heterocycles. The molecule has 0 spiro atoms. The summed E-state index contributed by atoms with van der Waals surface area (Å²) in [5.74, 6) is -0.00199. The first-order chi connectivity index (χ1) is 9.06. The van der Waals surface area contributed by atoms with E-state index in [2.05, 4.69) is 5.32 Å². The third-order valence-corrected chi connectivity index (χ3v) is 3.22. The first-order valence-electron chi connectivity index (χ1n) is 6.40. The zero-order chi connectivity index (χ0) is 14.3. The van der Waals surface area contributed by atoms with Crippen molar-refractivity contribution < 1.29 is 9.90 Å². The second kappa shape index (κ2) is 8.15. The zero-order valence-electron chi connectivity index (χ0n) is 11.4. The Bertz CT molecular complexity index is 395. The number of alkyl halides is 1. The number of nitrogens with one attached hydrogen (secondary N) is 1. The van der Waals surface area contributed by atoms with E-state index in [4.69, 9.17) is 16.7 Å². The van der Waals surface area contributed by atoms with Crippen molar-refractivity contribution in [2.45, 2.75) is 18.7 Å². The highest BCUT2D eigenvalue weighted by Crippen LogP contribution is 2.22. The highest BCUT2D eigenvalue weighted by atomic mass is 35.5. The number of anilines is 1. The summed E-state index contributed by atoms with van der Waals surface area (Å²) in [6.07, 6.45) is 0.464. The van der Waals surface area contributed by atoms with Gasteiger partial charge in [0.2, 0.25) is 5.91 Å². The Kier molecular flexibility index (Phi) is 6.84. The maximum atomic E-state index is 11.2. The third-order valence-electron chi connectivity index (χ3n) is 2.83. The number of hydrogen-bond acceptors (Lipinski definition) is 3. The van der Waals surface area contributed by atoms with Crippen molar-refractivity contribution in [1.29, 1.82) is 0 Å². The van der Waals surface area contributed by atoms with Crippen molar-refractivity contribution in [3.8, 4) is 0 Å². The number of likely N-dealkylation sites (N-methyl/N-ethyl adjacent to an activating group) is 1. The van der Waals surface area contributed by atoms with Crippen LogP contribution in [-0.4, -0.2) is 42.7 Å². The molecule has 0 fully saturated rings. The minimum Gasteiger partial charge on any atom is -0.395 e. The molecule has 0 heterocycles. The molecule has 0 saturated heterocycles. The lowest BCUT2D eigenvalue weighted by Crippen LogP contribution is -2.25. The summed E-state index contributed by atoms with van der Waals surface area (Å²) in [5, 5.41) is 11.5. The molecule has 0 radical (unpaired) electrons. The molecule has 0 aromatic heterocycles. The number of hydrogen-bond donors (Lipinski definition) is 2. The van der Waals surface area contributed by atoms with Gasteiger partial charge in [0.05, 0.1) is 12.0 Å². The van der Waals surface area contributed by atoms with Gasteiger partial charge in [-0.25, -0.2) is 0 Å². The fourth-order valence-corrected chi connectivity index (χ4v) is 2.05. The molecule has 1 aromatic rings. The first-order valence-corrected chi connectivity index (χ1v) is 6.83. The van der Waals surface area contributed by atoms with E-state index < -0.39 is 0 Å². The van der Waals surface area contributed by atoms with Crippen LogP contribution in [0.2, 0.25) is 0 Å². The fourth-order valence-electron chi connectivity index (χ4n) is 1.67. The Morgan fingerprint density at radius 1 is 1.42 bits per heavy atom. The smallest absolute Gasteiger partial charge is 0.224 e. The number of nitrogens with zero attached hydrogens (tertiary/aromatic N) is 1. The van der Waals surface area contributed by atoms with Crippen LogP contribution in [0.25, 0.3) is 0 Å². The molecule has 5 heteroatoms. The molecule has 0 bridgehead atoms. The zero-order valence-corrected chi connectivity index (χ0v) is 12.2. The lowest BCUT2D eigenvalue weighted by Gasteiger charge is -2.19. The molecular formula is C14H21ClN2O2. The standard InChI is InChI=1S/C14H21ClN2O2/c1-3-14(19)16-12-6-4-11(5-7-12)13(15)10-17(2)8-9-18/h4-7,13,18H,3,8-10H2,1-2H3,(H,16,19). The van der Waals surface area contributed by atoms with Crippen LogP contribution in [0.1, 0.15) is 24.3 Å². The van der Waals surface area contributed by atoms with Crippen LogP contribution in [0.4, 0.5) is 5.69 Å². The van der Waals surface area contributed by atoms with E-state index in [0.29, 0.717) is 19.5 Å². The number of aliphatic hydroxyl groups excluding tert-OH is 1. The summed E-state index contributed by atoms with van der Waals surface area (Å²) in [6, 6.07) is 7.53. The maximum Gasteiger partial charge on any atom is 0.224 e. The van der Waals surface area contributed by atoms with E-state index in [-0.39, 0.29) is 17.9 Å². The van der Waals surface area contributed by atoms with Crippen molar-refractivity contribution in [3.63, 3.8) is 0 Å². The van der Waals surface area contributed by atoms with Crippen LogP contribution in [-0.2, 0) is 4.79 Å². The number of benzene rings is 1. The van der Waals surface area contributed by atoms with Crippen molar-refractivity contribution in [3.05, 3.63) is 29.8 Å². The summed E-state index contributed by atoms with van der Waals surface area (Å²) in [4.78, 5) is 13.2. The quantitative estimate of drug-likeness (QED) is 0.755. The van der Waals surface area contributed by atoms with Crippen molar-refractivity contribution in [2.24, 2.45) is 0 Å². The van der Waals surface area contributed by atoms with Gasteiger partial charge < -0.3 is 15.3 Å². The SMILES string of the molecule is CCC(=O)Nc1ccc(C(Cl)CN(C)CCO)cc1. The molecule has 1 unspecified atom stereocenters. The molecule has 19 heavy (non-hydrogen) atoms. The van der Waals surface area contributed by atoms with Crippen molar-refractivity contribution in [1.82, 2.24) is 4.90 Å². The lowest BCUT2D eigenvalue weighted by atomic mass is 10.1. The van der Waals surface area contributed by atoms with Crippen LogP contribution >= 0.6 is 11.6 Å². The Labute approximate surface area is 119 Å². The number of carbonyl (C=O) groups is 1. The molecule has 106 valence electrons. The van der Waals surface area contributed by atoms with Gasteiger partial charge in [0, 0.05) is 25.2 Å². The van der Waals surface area contributed by atoms with Crippen molar-refractivity contribution >= 4 is 23.2 Å². The van der Waals surface area contributed by atoms with Gasteiger partial charge in [-0.15, -0.1) is 11.6 Å². The van der Waals surface area contributed by atoms with Crippen LogP contribution in [0.15, 0.2) is 24.3 Å². The normalized spacial score (nSPS) is 12.5. The lowest BCUT2D eigenvalue weighted by molar-refractivity contribution is -0.115. The number of carbonyl (C=O) groups excluding carboxylic acids is 1. The van der Waals surface area contributed by atoms with Crippen LogP contribution in [0, 0.1) is 0 Å². The van der Waals surface area contributed by atoms with Gasteiger partial charge in [-0.3, -0.25) is 4.79 Å². The van der Waals surface area contributed by atoms with E-state index in [1.54, 1.807) is 0 Å². The highest BCUT2D eigenvalue weighted by Gasteiger charge is 2.10. The first kappa shape index (κ1) is 16.0. The second-order valence-corrected chi connectivity index (χ2v) is 5.00. The van der Waals surface area contributed by atoms with E-state index in [1.165, 1.54) is 0 Å². The van der Waals surface area contributed by atoms with Gasteiger partial charge in [0.15, 0.2) is 0 Å². The minimum atomic E-state index is -0.132. The van der Waals surface area contributed by atoms with Crippen molar-refractivity contribution in [2.75, 3.05) is 32.1 Å². The fraction of sp³-hybridized carbons (Fsp3) is 0.500. The van der Waals surface area contributed by atoms with Crippen LogP contribution in [0.5, 0.6) is 0 Å². The molecule has 4 nitrogen and oxygen atoms in total. The van der Waals surface area contributed by atoms with Gasteiger partial charge in [0.1, 0.15) is 0 Å². The Balaban J connectivity index is 2.57. The van der Waals surface area contributed by atoms with E-state index >= 15 is 0 Å². The van der Waals surface area contributed by atoms with Gasteiger partial charge >= 0.3 is 0 Å². The van der Waals surface area contributed by atoms with E-state index in [0.717, 1.165) is 11.3 Å². The molecule has 1 aromatic carbocycles. The predicted molar refractivity (Wildman–Crippen MR) is 78.5 cm³/mol. The van der Waals surface area contributed by atoms with Gasteiger partial charge in [-0.1, -0.05) is 19.1 Å². The summed E-state index contributed by atoms with van der Waals surface area (Å²) in [5.41, 5.74) is 1.78. The monoisotopic (exact) mass is 284 g/mol. The van der Waals surface area contributed by atoms with Gasteiger partial charge in [-0.2, -0.15) is 0 Å². The number of halogens is 1. The van der Waals surface area contributed by atoms with Gasteiger partial charge in [-0.05, 0) is 24.7 Å². The Morgan fingerprint density at radius 3 is 2.58 bits per heavy atom. The maximum absolute atomic E-state index is 11.2. The highest BCUT2D eigenvalue weighted by molar-refractivity contribution is 6.21. The average Bonchev–Trinajstić information content (AvgIpc) is 2.39. The number of rotatable bonds is 7.